The Balaban J connectivity index is 2.13. The van der Waals surface area contributed by atoms with Crippen LogP contribution in [0.4, 0.5) is 8.78 Å². The molecule has 100 valence electrons. The number of hydrogen-bond acceptors (Lipinski definition) is 1. The lowest BCUT2D eigenvalue weighted by Crippen LogP contribution is -2.29. The zero-order valence-corrected chi connectivity index (χ0v) is 10.8. The van der Waals surface area contributed by atoms with Crippen molar-refractivity contribution in [1.29, 1.82) is 0 Å². The van der Waals surface area contributed by atoms with Crippen LogP contribution in [0.1, 0.15) is 24.0 Å². The van der Waals surface area contributed by atoms with Gasteiger partial charge in [0.15, 0.2) is 11.6 Å². The van der Waals surface area contributed by atoms with Crippen LogP contribution < -0.4 is 5.73 Å². The van der Waals surface area contributed by atoms with Crippen LogP contribution in [-0.2, 0) is 6.42 Å². The number of hydrogen-bond donors (Lipinski definition) is 1. The van der Waals surface area contributed by atoms with Gasteiger partial charge in [0.1, 0.15) is 0 Å². The Labute approximate surface area is 112 Å². The van der Waals surface area contributed by atoms with E-state index in [1.165, 1.54) is 6.07 Å². The molecular weight excluding hydrogens is 244 g/mol. The van der Waals surface area contributed by atoms with Gasteiger partial charge in [-0.25, -0.2) is 8.78 Å². The lowest BCUT2D eigenvalue weighted by atomic mass is 9.89. The Morgan fingerprint density at radius 3 is 2.37 bits per heavy atom. The fourth-order valence-corrected chi connectivity index (χ4v) is 2.14. The molecule has 19 heavy (non-hydrogen) atoms. The summed E-state index contributed by atoms with van der Waals surface area (Å²) in [5.41, 5.74) is 7.54. The third-order valence-corrected chi connectivity index (χ3v) is 3.45. The van der Waals surface area contributed by atoms with Crippen LogP contribution in [0.25, 0.3) is 0 Å². The minimum Gasteiger partial charge on any atom is -0.327 e. The first kappa shape index (κ1) is 13.7. The minimum atomic E-state index is -0.822. The summed E-state index contributed by atoms with van der Waals surface area (Å²) in [4.78, 5) is 0. The number of benzene rings is 2. The summed E-state index contributed by atoms with van der Waals surface area (Å²) < 4.78 is 26.7. The van der Waals surface area contributed by atoms with Crippen molar-refractivity contribution < 1.29 is 8.78 Å². The first-order valence-electron chi connectivity index (χ1n) is 6.33. The van der Waals surface area contributed by atoms with E-state index in [1.807, 2.05) is 37.3 Å². The van der Waals surface area contributed by atoms with Crippen LogP contribution in [0.15, 0.2) is 48.5 Å². The number of nitrogens with two attached hydrogens (primary N) is 1. The molecule has 0 spiro atoms. The molecule has 0 saturated carbocycles. The molecule has 0 aliphatic rings. The van der Waals surface area contributed by atoms with Crippen molar-refractivity contribution in [2.24, 2.45) is 5.73 Å². The van der Waals surface area contributed by atoms with E-state index in [-0.39, 0.29) is 12.0 Å². The van der Waals surface area contributed by atoms with Gasteiger partial charge in [-0.05, 0) is 29.5 Å². The molecule has 0 heterocycles. The smallest absolute Gasteiger partial charge is 0.162 e. The van der Waals surface area contributed by atoms with Gasteiger partial charge in [0, 0.05) is 6.04 Å². The van der Waals surface area contributed by atoms with Crippen LogP contribution in [0.2, 0.25) is 0 Å². The van der Waals surface area contributed by atoms with E-state index in [0.717, 1.165) is 11.6 Å². The van der Waals surface area contributed by atoms with Crippen molar-refractivity contribution in [3.05, 3.63) is 71.3 Å². The summed E-state index contributed by atoms with van der Waals surface area (Å²) in [5.74, 6) is -1.53. The minimum absolute atomic E-state index is 0.0869. The van der Waals surface area contributed by atoms with Crippen LogP contribution in [0.5, 0.6) is 0 Å². The average molecular weight is 261 g/mol. The van der Waals surface area contributed by atoms with Crippen LogP contribution in [-0.4, -0.2) is 6.04 Å². The Morgan fingerprint density at radius 2 is 1.68 bits per heavy atom. The van der Waals surface area contributed by atoms with E-state index < -0.39 is 11.6 Å². The van der Waals surface area contributed by atoms with Gasteiger partial charge in [0.05, 0.1) is 0 Å². The van der Waals surface area contributed by atoms with Crippen molar-refractivity contribution >= 4 is 0 Å². The molecule has 2 N–H and O–H groups in total. The molecule has 1 nitrogen and oxygen atoms in total. The number of halogens is 2. The fourth-order valence-electron chi connectivity index (χ4n) is 2.14. The highest BCUT2D eigenvalue weighted by Crippen LogP contribution is 2.22. The molecule has 0 bridgehead atoms. The molecule has 0 aliphatic carbocycles. The largest absolute Gasteiger partial charge is 0.327 e. The van der Waals surface area contributed by atoms with Crippen LogP contribution in [0.3, 0.4) is 0 Å². The molecule has 0 aromatic heterocycles. The van der Waals surface area contributed by atoms with E-state index in [9.17, 15) is 8.78 Å². The van der Waals surface area contributed by atoms with E-state index in [2.05, 4.69) is 0 Å². The van der Waals surface area contributed by atoms with Gasteiger partial charge in [-0.1, -0.05) is 49.4 Å². The predicted molar refractivity (Wildman–Crippen MR) is 72.9 cm³/mol. The summed E-state index contributed by atoms with van der Waals surface area (Å²) in [6.45, 7) is 2.00. The monoisotopic (exact) mass is 261 g/mol. The highest BCUT2D eigenvalue weighted by molar-refractivity contribution is 5.24. The fraction of sp³-hybridized carbons (Fsp3) is 0.250. The van der Waals surface area contributed by atoms with Crippen LogP contribution >= 0.6 is 0 Å². The van der Waals surface area contributed by atoms with Gasteiger partial charge >= 0.3 is 0 Å². The quantitative estimate of drug-likeness (QED) is 0.893. The maximum absolute atomic E-state index is 13.6. The van der Waals surface area contributed by atoms with Gasteiger partial charge in [0.2, 0.25) is 0 Å². The summed E-state index contributed by atoms with van der Waals surface area (Å²) in [5, 5.41) is 0. The molecule has 0 amide bonds. The third kappa shape index (κ3) is 3.18. The second-order valence-corrected chi connectivity index (χ2v) is 4.78. The normalized spacial score (nSPS) is 14.1. The van der Waals surface area contributed by atoms with Crippen molar-refractivity contribution in [2.75, 3.05) is 0 Å². The van der Waals surface area contributed by atoms with Gasteiger partial charge in [-0.15, -0.1) is 0 Å². The van der Waals surface area contributed by atoms with Gasteiger partial charge in [-0.2, -0.15) is 0 Å². The molecule has 0 radical (unpaired) electrons. The molecule has 2 rings (SSSR count). The molecule has 2 unspecified atom stereocenters. The standard InChI is InChI=1S/C16H17F2N/c1-11(12-6-3-2-4-7-12)15(19)10-13-8-5-9-14(17)16(13)18/h2-9,11,15H,10,19H2,1H3. The van der Waals surface area contributed by atoms with Crippen molar-refractivity contribution in [2.45, 2.75) is 25.3 Å². The highest BCUT2D eigenvalue weighted by Gasteiger charge is 2.18. The Morgan fingerprint density at radius 1 is 1.00 bits per heavy atom. The van der Waals surface area contributed by atoms with E-state index in [1.54, 1.807) is 6.07 Å². The topological polar surface area (TPSA) is 26.0 Å². The Bertz CT molecular complexity index is 540. The van der Waals surface area contributed by atoms with E-state index in [0.29, 0.717) is 12.0 Å². The summed E-state index contributed by atoms with van der Waals surface area (Å²) in [7, 11) is 0. The predicted octanol–water partition coefficient (Wildman–Crippen LogP) is 3.64. The SMILES string of the molecule is CC(c1ccccc1)C(N)Cc1cccc(F)c1F. The summed E-state index contributed by atoms with van der Waals surface area (Å²) in [6.07, 6.45) is 0.319. The number of rotatable bonds is 4. The van der Waals surface area contributed by atoms with Crippen molar-refractivity contribution in [3.63, 3.8) is 0 Å². The maximum atomic E-state index is 13.6. The molecular formula is C16H17F2N. The molecule has 3 heteroatoms. The van der Waals surface area contributed by atoms with E-state index in [4.69, 9.17) is 5.73 Å². The Hall–Kier alpha value is -1.74. The Kier molecular flexibility index (Phi) is 4.27. The van der Waals surface area contributed by atoms with Gasteiger partial charge < -0.3 is 5.73 Å². The molecule has 2 aromatic carbocycles. The van der Waals surface area contributed by atoms with Crippen LogP contribution in [0, 0.1) is 11.6 Å². The van der Waals surface area contributed by atoms with E-state index >= 15 is 0 Å². The van der Waals surface area contributed by atoms with Crippen molar-refractivity contribution in [1.82, 2.24) is 0 Å². The highest BCUT2D eigenvalue weighted by atomic mass is 19.2. The molecule has 0 aliphatic heterocycles. The average Bonchev–Trinajstić information content (AvgIpc) is 2.44. The van der Waals surface area contributed by atoms with Gasteiger partial charge in [-0.3, -0.25) is 0 Å². The molecule has 2 atom stereocenters. The second-order valence-electron chi connectivity index (χ2n) is 4.78. The van der Waals surface area contributed by atoms with Gasteiger partial charge in [0.25, 0.3) is 0 Å². The third-order valence-electron chi connectivity index (χ3n) is 3.45. The lowest BCUT2D eigenvalue weighted by Gasteiger charge is -2.20. The summed E-state index contributed by atoms with van der Waals surface area (Å²) in [6, 6.07) is 13.8. The first-order chi connectivity index (χ1) is 9.09. The molecule has 2 aromatic rings. The zero-order chi connectivity index (χ0) is 13.8. The summed E-state index contributed by atoms with van der Waals surface area (Å²) >= 11 is 0. The molecule has 0 saturated heterocycles. The van der Waals surface area contributed by atoms with Crippen molar-refractivity contribution in [3.8, 4) is 0 Å². The second kappa shape index (κ2) is 5.93. The first-order valence-corrected chi connectivity index (χ1v) is 6.33. The maximum Gasteiger partial charge on any atom is 0.162 e. The molecule has 0 fully saturated rings. The zero-order valence-electron chi connectivity index (χ0n) is 10.8. The lowest BCUT2D eigenvalue weighted by molar-refractivity contribution is 0.484.